The highest BCUT2D eigenvalue weighted by Gasteiger charge is 2.19. The Balaban J connectivity index is 1.68. The summed E-state index contributed by atoms with van der Waals surface area (Å²) in [4.78, 5) is 1.34. The monoisotopic (exact) mass is 271 g/mol. The van der Waals surface area contributed by atoms with Crippen molar-refractivity contribution in [1.82, 2.24) is 5.32 Å². The molecule has 1 aromatic carbocycles. The Morgan fingerprint density at radius 1 is 1.43 bits per heavy atom. The summed E-state index contributed by atoms with van der Waals surface area (Å²) in [5, 5.41) is 3.51. The minimum absolute atomic E-state index is 0.832. The van der Waals surface area contributed by atoms with Gasteiger partial charge >= 0.3 is 0 Å². The standard InChI is InChI=1S/C11H14BrNS/c12-9-2-1-3-11(8-9)14-7-6-13-10-4-5-10/h1-3,8,10,13H,4-7H2. The molecule has 0 unspecified atom stereocenters. The van der Waals surface area contributed by atoms with Gasteiger partial charge in [0.2, 0.25) is 0 Å². The van der Waals surface area contributed by atoms with Gasteiger partial charge in [0.15, 0.2) is 0 Å². The average molecular weight is 272 g/mol. The first-order valence-electron chi connectivity index (χ1n) is 4.96. The van der Waals surface area contributed by atoms with Crippen molar-refractivity contribution < 1.29 is 0 Å². The van der Waals surface area contributed by atoms with Crippen LogP contribution < -0.4 is 5.32 Å². The third-order valence-corrected chi connectivity index (χ3v) is 3.67. The minimum Gasteiger partial charge on any atom is -0.313 e. The van der Waals surface area contributed by atoms with Crippen molar-refractivity contribution in [3.8, 4) is 0 Å². The Kier molecular flexibility index (Phi) is 3.90. The largest absolute Gasteiger partial charge is 0.313 e. The van der Waals surface area contributed by atoms with E-state index in [2.05, 4.69) is 45.5 Å². The Morgan fingerprint density at radius 2 is 2.29 bits per heavy atom. The number of hydrogen-bond donors (Lipinski definition) is 1. The lowest BCUT2D eigenvalue weighted by Crippen LogP contribution is -2.18. The molecule has 0 atom stereocenters. The van der Waals surface area contributed by atoms with Crippen LogP contribution in [-0.2, 0) is 0 Å². The van der Waals surface area contributed by atoms with Crippen LogP contribution in [0.25, 0.3) is 0 Å². The summed E-state index contributed by atoms with van der Waals surface area (Å²) in [6.07, 6.45) is 2.75. The summed E-state index contributed by atoms with van der Waals surface area (Å²) < 4.78 is 1.16. The van der Waals surface area contributed by atoms with Gasteiger partial charge in [-0.25, -0.2) is 0 Å². The number of thioether (sulfide) groups is 1. The molecule has 1 nitrogen and oxygen atoms in total. The van der Waals surface area contributed by atoms with Crippen LogP contribution in [0.2, 0.25) is 0 Å². The number of benzene rings is 1. The van der Waals surface area contributed by atoms with Gasteiger partial charge in [0.05, 0.1) is 0 Å². The minimum atomic E-state index is 0.832. The van der Waals surface area contributed by atoms with Crippen molar-refractivity contribution in [2.24, 2.45) is 0 Å². The highest BCUT2D eigenvalue weighted by molar-refractivity contribution is 9.10. The second kappa shape index (κ2) is 5.19. The molecule has 0 radical (unpaired) electrons. The molecule has 0 aliphatic heterocycles. The van der Waals surface area contributed by atoms with Crippen LogP contribution in [0.3, 0.4) is 0 Å². The predicted octanol–water partition coefficient (Wildman–Crippen LogP) is 3.29. The summed E-state index contributed by atoms with van der Waals surface area (Å²) in [6.45, 7) is 1.13. The van der Waals surface area contributed by atoms with Crippen LogP contribution in [0.1, 0.15) is 12.8 Å². The molecule has 3 heteroatoms. The molecule has 0 spiro atoms. The molecule has 1 aliphatic carbocycles. The summed E-state index contributed by atoms with van der Waals surface area (Å²) in [7, 11) is 0. The zero-order valence-electron chi connectivity index (χ0n) is 8.00. The van der Waals surface area contributed by atoms with E-state index in [1.165, 1.54) is 17.7 Å². The lowest BCUT2D eigenvalue weighted by Gasteiger charge is -2.03. The predicted molar refractivity (Wildman–Crippen MR) is 65.9 cm³/mol. The third kappa shape index (κ3) is 3.64. The topological polar surface area (TPSA) is 12.0 Å². The molecule has 76 valence electrons. The fourth-order valence-electron chi connectivity index (χ4n) is 1.28. The fourth-order valence-corrected chi connectivity index (χ4v) is 2.67. The summed E-state index contributed by atoms with van der Waals surface area (Å²) in [5.74, 6) is 1.16. The molecule has 1 aromatic rings. The first kappa shape index (κ1) is 10.5. The van der Waals surface area contributed by atoms with E-state index in [0.717, 1.165) is 22.8 Å². The second-order valence-electron chi connectivity index (χ2n) is 3.53. The zero-order valence-corrected chi connectivity index (χ0v) is 10.4. The molecule has 1 fully saturated rings. The molecular weight excluding hydrogens is 258 g/mol. The van der Waals surface area contributed by atoms with Crippen molar-refractivity contribution in [1.29, 1.82) is 0 Å². The molecule has 0 saturated heterocycles. The van der Waals surface area contributed by atoms with E-state index in [0.29, 0.717) is 0 Å². The van der Waals surface area contributed by atoms with E-state index >= 15 is 0 Å². The van der Waals surface area contributed by atoms with Gasteiger partial charge in [0.1, 0.15) is 0 Å². The molecule has 1 aliphatic rings. The fraction of sp³-hybridized carbons (Fsp3) is 0.455. The average Bonchev–Trinajstić information content (AvgIpc) is 2.96. The maximum absolute atomic E-state index is 3.51. The van der Waals surface area contributed by atoms with E-state index in [1.54, 1.807) is 0 Å². The maximum atomic E-state index is 3.51. The summed E-state index contributed by atoms with van der Waals surface area (Å²) in [6, 6.07) is 9.31. The third-order valence-electron chi connectivity index (χ3n) is 2.18. The van der Waals surface area contributed by atoms with Gasteiger partial charge in [0.25, 0.3) is 0 Å². The highest BCUT2D eigenvalue weighted by Crippen LogP contribution is 2.22. The lowest BCUT2D eigenvalue weighted by atomic mass is 10.4. The maximum Gasteiger partial charge on any atom is 0.0186 e. The van der Waals surface area contributed by atoms with Crippen LogP contribution in [0.4, 0.5) is 0 Å². The zero-order chi connectivity index (χ0) is 9.80. The van der Waals surface area contributed by atoms with E-state index in [9.17, 15) is 0 Å². The molecule has 0 bridgehead atoms. The smallest absolute Gasteiger partial charge is 0.0186 e. The van der Waals surface area contributed by atoms with E-state index in [4.69, 9.17) is 0 Å². The van der Waals surface area contributed by atoms with Crippen LogP contribution >= 0.6 is 27.7 Å². The van der Waals surface area contributed by atoms with Crippen LogP contribution in [-0.4, -0.2) is 18.3 Å². The van der Waals surface area contributed by atoms with Gasteiger partial charge in [-0.15, -0.1) is 11.8 Å². The van der Waals surface area contributed by atoms with Gasteiger partial charge in [0, 0.05) is 27.7 Å². The Bertz CT molecular complexity index is 299. The molecular formula is C11H14BrNS. The van der Waals surface area contributed by atoms with Gasteiger partial charge in [-0.2, -0.15) is 0 Å². The molecule has 1 saturated carbocycles. The molecule has 0 aromatic heterocycles. The van der Waals surface area contributed by atoms with E-state index < -0.39 is 0 Å². The Hall–Kier alpha value is 0.01000. The Labute approximate surface area is 97.8 Å². The second-order valence-corrected chi connectivity index (χ2v) is 5.62. The SMILES string of the molecule is Brc1cccc(SCCNC2CC2)c1. The number of hydrogen-bond acceptors (Lipinski definition) is 2. The molecule has 1 N–H and O–H groups in total. The van der Waals surface area contributed by atoms with Crippen LogP contribution in [0, 0.1) is 0 Å². The quantitative estimate of drug-likeness (QED) is 0.652. The van der Waals surface area contributed by atoms with Gasteiger partial charge in [-0.1, -0.05) is 22.0 Å². The highest BCUT2D eigenvalue weighted by atomic mass is 79.9. The van der Waals surface area contributed by atoms with Crippen molar-refractivity contribution in [3.63, 3.8) is 0 Å². The molecule has 2 rings (SSSR count). The number of nitrogens with one attached hydrogen (secondary N) is 1. The van der Waals surface area contributed by atoms with Gasteiger partial charge in [-0.05, 0) is 31.0 Å². The number of rotatable bonds is 5. The van der Waals surface area contributed by atoms with Crippen molar-refractivity contribution >= 4 is 27.7 Å². The van der Waals surface area contributed by atoms with Crippen molar-refractivity contribution in [2.45, 2.75) is 23.8 Å². The van der Waals surface area contributed by atoms with Crippen molar-refractivity contribution in [2.75, 3.05) is 12.3 Å². The van der Waals surface area contributed by atoms with E-state index in [-0.39, 0.29) is 0 Å². The first-order chi connectivity index (χ1) is 6.84. The van der Waals surface area contributed by atoms with Crippen LogP contribution in [0.5, 0.6) is 0 Å². The number of halogens is 1. The lowest BCUT2D eigenvalue weighted by molar-refractivity contribution is 0.726. The van der Waals surface area contributed by atoms with Gasteiger partial charge in [-0.3, -0.25) is 0 Å². The van der Waals surface area contributed by atoms with Crippen molar-refractivity contribution in [3.05, 3.63) is 28.7 Å². The molecule has 0 heterocycles. The first-order valence-corrected chi connectivity index (χ1v) is 6.74. The van der Waals surface area contributed by atoms with Crippen LogP contribution in [0.15, 0.2) is 33.6 Å². The van der Waals surface area contributed by atoms with E-state index in [1.807, 2.05) is 11.8 Å². The Morgan fingerprint density at radius 3 is 3.00 bits per heavy atom. The molecule has 0 amide bonds. The van der Waals surface area contributed by atoms with Gasteiger partial charge < -0.3 is 5.32 Å². The normalized spacial score (nSPS) is 15.8. The summed E-state index contributed by atoms with van der Waals surface area (Å²) in [5.41, 5.74) is 0. The molecule has 14 heavy (non-hydrogen) atoms. The summed E-state index contributed by atoms with van der Waals surface area (Å²) >= 11 is 5.39.